The Hall–Kier alpha value is -2.41. The molecule has 1 aliphatic heterocycles. The van der Waals surface area contributed by atoms with Gasteiger partial charge in [-0.3, -0.25) is 9.78 Å². The van der Waals surface area contributed by atoms with E-state index in [1.54, 1.807) is 0 Å². The number of carbonyl (C=O) groups excluding carboxylic acids is 1. The van der Waals surface area contributed by atoms with Crippen LogP contribution in [0, 0.1) is 0 Å². The van der Waals surface area contributed by atoms with Gasteiger partial charge in [0.2, 0.25) is 0 Å². The number of aromatic nitrogens is 1. The van der Waals surface area contributed by atoms with Gasteiger partial charge in [0, 0.05) is 25.8 Å². The van der Waals surface area contributed by atoms with Crippen LogP contribution < -0.4 is 10.6 Å². The first-order chi connectivity index (χ1) is 10.9. The maximum absolute atomic E-state index is 12.4. The number of rotatable bonds is 3. The monoisotopic (exact) mass is 321 g/mol. The Kier molecular flexibility index (Phi) is 4.04. The summed E-state index contributed by atoms with van der Waals surface area (Å²) < 4.78 is 37.3. The SMILES string of the molecule is O=C(NCc1ccc2c(c1)CNC2)c1ccc(C(F)(F)F)nc1. The number of amides is 1. The number of fused-ring (bicyclic) bond motifs is 1. The summed E-state index contributed by atoms with van der Waals surface area (Å²) in [5, 5.41) is 5.92. The van der Waals surface area contributed by atoms with Crippen molar-refractivity contribution in [2.24, 2.45) is 0 Å². The van der Waals surface area contributed by atoms with E-state index >= 15 is 0 Å². The van der Waals surface area contributed by atoms with Gasteiger partial charge in [0.15, 0.2) is 0 Å². The van der Waals surface area contributed by atoms with Gasteiger partial charge in [-0.25, -0.2) is 0 Å². The Labute approximate surface area is 130 Å². The number of benzene rings is 1. The Morgan fingerprint density at radius 3 is 2.65 bits per heavy atom. The molecule has 4 nitrogen and oxygen atoms in total. The molecule has 2 aromatic rings. The molecule has 7 heteroatoms. The zero-order chi connectivity index (χ0) is 16.4. The molecule has 0 radical (unpaired) electrons. The number of hydrogen-bond donors (Lipinski definition) is 2. The summed E-state index contributed by atoms with van der Waals surface area (Å²) in [5.74, 6) is -0.454. The van der Waals surface area contributed by atoms with Crippen LogP contribution in [-0.4, -0.2) is 10.9 Å². The Morgan fingerprint density at radius 2 is 1.96 bits per heavy atom. The third kappa shape index (κ3) is 3.50. The van der Waals surface area contributed by atoms with Crippen LogP contribution in [0.2, 0.25) is 0 Å². The minimum absolute atomic E-state index is 0.0980. The summed E-state index contributed by atoms with van der Waals surface area (Å²) in [6, 6.07) is 7.88. The van der Waals surface area contributed by atoms with Crippen LogP contribution >= 0.6 is 0 Å². The minimum atomic E-state index is -4.51. The van der Waals surface area contributed by atoms with Gasteiger partial charge < -0.3 is 10.6 Å². The van der Waals surface area contributed by atoms with Gasteiger partial charge >= 0.3 is 6.18 Å². The maximum Gasteiger partial charge on any atom is 0.433 e. The smallest absolute Gasteiger partial charge is 0.348 e. The van der Waals surface area contributed by atoms with Gasteiger partial charge in [-0.15, -0.1) is 0 Å². The van der Waals surface area contributed by atoms with E-state index in [0.717, 1.165) is 37.0 Å². The number of alkyl halides is 3. The van der Waals surface area contributed by atoms with Crippen molar-refractivity contribution >= 4 is 5.91 Å². The van der Waals surface area contributed by atoms with Crippen LogP contribution in [0.15, 0.2) is 36.5 Å². The molecule has 0 spiro atoms. The highest BCUT2D eigenvalue weighted by atomic mass is 19.4. The molecule has 0 saturated carbocycles. The zero-order valence-corrected chi connectivity index (χ0v) is 12.1. The molecule has 0 saturated heterocycles. The van der Waals surface area contributed by atoms with Crippen molar-refractivity contribution in [2.75, 3.05) is 0 Å². The lowest BCUT2D eigenvalue weighted by Crippen LogP contribution is -2.23. The van der Waals surface area contributed by atoms with Crippen molar-refractivity contribution in [3.63, 3.8) is 0 Å². The molecule has 23 heavy (non-hydrogen) atoms. The van der Waals surface area contributed by atoms with Crippen LogP contribution in [0.4, 0.5) is 13.2 Å². The second-order valence-corrected chi connectivity index (χ2v) is 5.32. The van der Waals surface area contributed by atoms with Crippen LogP contribution in [0.5, 0.6) is 0 Å². The minimum Gasteiger partial charge on any atom is -0.348 e. The Morgan fingerprint density at radius 1 is 1.17 bits per heavy atom. The van der Waals surface area contributed by atoms with Gasteiger partial charge in [0.05, 0.1) is 5.56 Å². The molecule has 1 aromatic carbocycles. The molecular formula is C16H14F3N3O. The maximum atomic E-state index is 12.4. The number of hydrogen-bond acceptors (Lipinski definition) is 3. The molecule has 1 amide bonds. The number of nitrogens with one attached hydrogen (secondary N) is 2. The molecule has 1 aromatic heterocycles. The topological polar surface area (TPSA) is 54.0 Å². The van der Waals surface area contributed by atoms with Crippen molar-refractivity contribution in [3.05, 3.63) is 64.5 Å². The van der Waals surface area contributed by atoms with E-state index in [0.29, 0.717) is 6.54 Å². The summed E-state index contributed by atoms with van der Waals surface area (Å²) in [6.45, 7) is 1.96. The normalized spacial score (nSPS) is 13.7. The Bertz CT molecular complexity index is 726. The fraction of sp³-hybridized carbons (Fsp3) is 0.250. The van der Waals surface area contributed by atoms with Crippen LogP contribution in [0.1, 0.15) is 32.7 Å². The van der Waals surface area contributed by atoms with Crippen LogP contribution in [0.3, 0.4) is 0 Å². The highest BCUT2D eigenvalue weighted by Gasteiger charge is 2.32. The molecule has 1 aliphatic rings. The summed E-state index contributed by atoms with van der Waals surface area (Å²) in [7, 11) is 0. The van der Waals surface area contributed by atoms with Crippen molar-refractivity contribution < 1.29 is 18.0 Å². The van der Waals surface area contributed by atoms with E-state index < -0.39 is 17.8 Å². The third-order valence-electron chi connectivity index (χ3n) is 3.67. The standard InChI is InChI=1S/C16H14F3N3O/c17-16(18,19)14-4-3-12(9-21-14)15(23)22-6-10-1-2-11-7-20-8-13(11)5-10/h1-5,9,20H,6-8H2,(H,22,23). The molecule has 2 N–H and O–H groups in total. The molecule has 0 atom stereocenters. The van der Waals surface area contributed by atoms with E-state index in [1.165, 1.54) is 11.1 Å². The molecule has 0 bridgehead atoms. The average Bonchev–Trinajstić information content (AvgIpc) is 2.99. The molecule has 0 fully saturated rings. The molecule has 0 unspecified atom stereocenters. The lowest BCUT2D eigenvalue weighted by Gasteiger charge is -2.08. The van der Waals surface area contributed by atoms with Crippen LogP contribution in [-0.2, 0) is 25.8 Å². The van der Waals surface area contributed by atoms with E-state index in [1.807, 2.05) is 18.2 Å². The first-order valence-corrected chi connectivity index (χ1v) is 7.06. The first-order valence-electron chi connectivity index (χ1n) is 7.06. The highest BCUT2D eigenvalue weighted by molar-refractivity contribution is 5.93. The van der Waals surface area contributed by atoms with Gasteiger partial charge in [-0.05, 0) is 28.8 Å². The highest BCUT2D eigenvalue weighted by Crippen LogP contribution is 2.27. The van der Waals surface area contributed by atoms with E-state index in [-0.39, 0.29) is 5.56 Å². The Balaban J connectivity index is 1.63. The lowest BCUT2D eigenvalue weighted by atomic mass is 10.1. The predicted molar refractivity (Wildman–Crippen MR) is 77.4 cm³/mol. The van der Waals surface area contributed by atoms with E-state index in [4.69, 9.17) is 0 Å². The van der Waals surface area contributed by atoms with E-state index in [2.05, 4.69) is 15.6 Å². The quantitative estimate of drug-likeness (QED) is 0.914. The number of halogens is 3. The largest absolute Gasteiger partial charge is 0.433 e. The first kappa shape index (κ1) is 15.5. The molecule has 120 valence electrons. The van der Waals surface area contributed by atoms with Crippen molar-refractivity contribution in [1.82, 2.24) is 15.6 Å². The summed E-state index contributed by atoms with van der Waals surface area (Å²) in [5.41, 5.74) is 2.47. The number of nitrogens with zero attached hydrogens (tertiary/aromatic N) is 1. The summed E-state index contributed by atoms with van der Waals surface area (Å²) >= 11 is 0. The van der Waals surface area contributed by atoms with Crippen molar-refractivity contribution in [2.45, 2.75) is 25.8 Å². The average molecular weight is 321 g/mol. The lowest BCUT2D eigenvalue weighted by molar-refractivity contribution is -0.141. The predicted octanol–water partition coefficient (Wildman–Crippen LogP) is 2.63. The molecule has 2 heterocycles. The summed E-state index contributed by atoms with van der Waals surface area (Å²) in [6.07, 6.45) is -3.57. The second kappa shape index (κ2) is 6.00. The second-order valence-electron chi connectivity index (χ2n) is 5.32. The van der Waals surface area contributed by atoms with Gasteiger partial charge in [-0.1, -0.05) is 18.2 Å². The van der Waals surface area contributed by atoms with Crippen molar-refractivity contribution in [1.29, 1.82) is 0 Å². The molecule has 3 rings (SSSR count). The zero-order valence-electron chi connectivity index (χ0n) is 12.1. The van der Waals surface area contributed by atoms with Gasteiger partial charge in [0.1, 0.15) is 5.69 Å². The molecule has 0 aliphatic carbocycles. The summed E-state index contributed by atoms with van der Waals surface area (Å²) in [4.78, 5) is 15.2. The van der Waals surface area contributed by atoms with E-state index in [9.17, 15) is 18.0 Å². The fourth-order valence-corrected chi connectivity index (χ4v) is 2.44. The van der Waals surface area contributed by atoms with Gasteiger partial charge in [-0.2, -0.15) is 13.2 Å². The van der Waals surface area contributed by atoms with Gasteiger partial charge in [0.25, 0.3) is 5.91 Å². The fourth-order valence-electron chi connectivity index (χ4n) is 2.44. The number of pyridine rings is 1. The van der Waals surface area contributed by atoms with Crippen molar-refractivity contribution in [3.8, 4) is 0 Å². The number of carbonyl (C=O) groups is 1. The molecular weight excluding hydrogens is 307 g/mol. The third-order valence-corrected chi connectivity index (χ3v) is 3.67. The van der Waals surface area contributed by atoms with Crippen LogP contribution in [0.25, 0.3) is 0 Å².